The summed E-state index contributed by atoms with van der Waals surface area (Å²) in [5.74, 6) is -1.53. The Morgan fingerprint density at radius 2 is 1.95 bits per heavy atom. The number of phenolic OH excluding ortho intramolecular Hbond substituents is 1. The van der Waals surface area contributed by atoms with Crippen LogP contribution in [-0.4, -0.2) is 47.8 Å². The summed E-state index contributed by atoms with van der Waals surface area (Å²) in [5.41, 5.74) is -0.824. The molecule has 1 aromatic rings. The van der Waals surface area contributed by atoms with Crippen molar-refractivity contribution in [1.29, 1.82) is 0 Å². The van der Waals surface area contributed by atoms with Crippen LogP contribution in [0, 0.1) is 15.9 Å². The first kappa shape index (κ1) is 20.8. The summed E-state index contributed by atoms with van der Waals surface area (Å²) in [6.07, 6.45) is 0. The van der Waals surface area contributed by atoms with Gasteiger partial charge < -0.3 is 10.4 Å². The molecule has 1 saturated heterocycles. The third-order valence-corrected chi connectivity index (χ3v) is 3.38. The molecule has 1 heterocycles. The number of phenols is 1. The minimum atomic E-state index is -0.883. The number of benzene rings is 1. The van der Waals surface area contributed by atoms with Gasteiger partial charge in [0.15, 0.2) is 5.75 Å². The Labute approximate surface area is 138 Å². The van der Waals surface area contributed by atoms with E-state index < -0.39 is 34.9 Å². The Morgan fingerprint density at radius 1 is 1.36 bits per heavy atom. The summed E-state index contributed by atoms with van der Waals surface area (Å²) >= 11 is 0. The highest BCUT2D eigenvalue weighted by atomic mass is 35.5. The van der Waals surface area contributed by atoms with Gasteiger partial charge in [-0.1, -0.05) is 0 Å². The second kappa shape index (κ2) is 9.04. The van der Waals surface area contributed by atoms with Gasteiger partial charge in [-0.05, 0) is 6.07 Å². The molecule has 22 heavy (non-hydrogen) atoms. The van der Waals surface area contributed by atoms with Crippen molar-refractivity contribution in [2.24, 2.45) is 0 Å². The van der Waals surface area contributed by atoms with Crippen LogP contribution in [0.2, 0.25) is 0 Å². The average Bonchev–Trinajstić information content (AvgIpc) is 2.44. The number of hydrogen-bond donors (Lipinski definition) is 2. The smallest absolute Gasteiger partial charge is 0.313 e. The molecule has 1 aromatic carbocycles. The molecule has 0 aromatic heterocycles. The first-order valence-corrected chi connectivity index (χ1v) is 6.22. The standard InChI is InChI=1S/C12H15F2N3O3.2ClH/c13-7-11(16-3-1-15-2-4-16)9-5-8(14)6-10(12(9)18)17(19)20;;/h5-6,11,15,18H,1-4,7H2;2*1H/t11-;;/m0../s1. The number of alkyl halides is 1. The Balaban J connectivity index is 0.00000220. The van der Waals surface area contributed by atoms with E-state index in [4.69, 9.17) is 0 Å². The average molecular weight is 360 g/mol. The molecule has 2 N–H and O–H groups in total. The van der Waals surface area contributed by atoms with Crippen LogP contribution < -0.4 is 5.32 Å². The quantitative estimate of drug-likeness (QED) is 0.636. The van der Waals surface area contributed by atoms with E-state index in [0.717, 1.165) is 6.07 Å². The Morgan fingerprint density at radius 3 is 2.45 bits per heavy atom. The third-order valence-electron chi connectivity index (χ3n) is 3.38. The molecule has 0 unspecified atom stereocenters. The van der Waals surface area contributed by atoms with Gasteiger partial charge in [0, 0.05) is 31.7 Å². The zero-order valence-electron chi connectivity index (χ0n) is 11.5. The van der Waals surface area contributed by atoms with Crippen molar-refractivity contribution in [3.05, 3.63) is 33.6 Å². The van der Waals surface area contributed by atoms with Gasteiger partial charge in [0.2, 0.25) is 0 Å². The second-order valence-corrected chi connectivity index (χ2v) is 4.58. The molecule has 1 atom stereocenters. The first-order valence-electron chi connectivity index (χ1n) is 6.22. The maximum Gasteiger partial charge on any atom is 0.313 e. The van der Waals surface area contributed by atoms with Crippen molar-refractivity contribution in [2.75, 3.05) is 32.9 Å². The van der Waals surface area contributed by atoms with Crippen LogP contribution in [0.4, 0.5) is 14.5 Å². The third kappa shape index (κ3) is 4.39. The highest BCUT2D eigenvalue weighted by Gasteiger charge is 2.29. The molecule has 1 aliphatic heterocycles. The number of rotatable bonds is 4. The molecule has 0 bridgehead atoms. The van der Waals surface area contributed by atoms with E-state index in [1.807, 2.05) is 0 Å². The van der Waals surface area contributed by atoms with E-state index in [1.165, 1.54) is 0 Å². The lowest BCUT2D eigenvalue weighted by molar-refractivity contribution is -0.386. The lowest BCUT2D eigenvalue weighted by atomic mass is 10.0. The normalized spacial score (nSPS) is 16.3. The van der Waals surface area contributed by atoms with Crippen molar-refractivity contribution in [3.8, 4) is 5.75 Å². The van der Waals surface area contributed by atoms with Crippen LogP contribution in [0.1, 0.15) is 11.6 Å². The summed E-state index contributed by atoms with van der Waals surface area (Å²) in [6, 6.07) is 0.701. The van der Waals surface area contributed by atoms with Crippen LogP contribution in [-0.2, 0) is 0 Å². The fourth-order valence-corrected chi connectivity index (χ4v) is 2.37. The van der Waals surface area contributed by atoms with E-state index in [1.54, 1.807) is 4.90 Å². The molecule has 0 radical (unpaired) electrons. The number of hydrogen-bond acceptors (Lipinski definition) is 5. The Kier molecular flexibility index (Phi) is 8.54. The van der Waals surface area contributed by atoms with Crippen LogP contribution >= 0.6 is 24.8 Å². The molecule has 126 valence electrons. The van der Waals surface area contributed by atoms with E-state index >= 15 is 0 Å². The van der Waals surface area contributed by atoms with Crippen LogP contribution in [0.15, 0.2) is 12.1 Å². The van der Waals surface area contributed by atoms with E-state index in [-0.39, 0.29) is 30.4 Å². The number of halogens is 4. The largest absolute Gasteiger partial charge is 0.502 e. The fourth-order valence-electron chi connectivity index (χ4n) is 2.37. The predicted molar refractivity (Wildman–Crippen MR) is 82.4 cm³/mol. The molecule has 2 rings (SSSR count). The zero-order valence-corrected chi connectivity index (χ0v) is 13.1. The van der Waals surface area contributed by atoms with Crippen molar-refractivity contribution in [2.45, 2.75) is 6.04 Å². The summed E-state index contributed by atoms with van der Waals surface area (Å²) in [6.45, 7) is 1.49. The Bertz CT molecular complexity index is 517. The molecule has 1 fully saturated rings. The van der Waals surface area contributed by atoms with Crippen LogP contribution in [0.25, 0.3) is 0 Å². The second-order valence-electron chi connectivity index (χ2n) is 4.58. The van der Waals surface area contributed by atoms with Gasteiger partial charge >= 0.3 is 5.69 Å². The molecular formula is C12H17Cl2F2N3O3. The monoisotopic (exact) mass is 359 g/mol. The van der Waals surface area contributed by atoms with Crippen LogP contribution in [0.5, 0.6) is 5.75 Å². The molecule has 1 aliphatic rings. The van der Waals surface area contributed by atoms with E-state index in [0.29, 0.717) is 32.2 Å². The maximum absolute atomic E-state index is 13.5. The van der Waals surface area contributed by atoms with Gasteiger partial charge in [-0.15, -0.1) is 24.8 Å². The summed E-state index contributed by atoms with van der Waals surface area (Å²) < 4.78 is 26.8. The van der Waals surface area contributed by atoms with E-state index in [9.17, 15) is 24.0 Å². The SMILES string of the molecule is Cl.Cl.O=[N+]([O-])c1cc(F)cc([C@H](CF)N2CCNCC2)c1O. The number of nitrogens with zero attached hydrogens (tertiary/aromatic N) is 2. The molecule has 0 saturated carbocycles. The highest BCUT2D eigenvalue weighted by Crippen LogP contribution is 2.37. The van der Waals surface area contributed by atoms with Gasteiger partial charge in [0.25, 0.3) is 0 Å². The summed E-state index contributed by atoms with van der Waals surface area (Å²) in [7, 11) is 0. The van der Waals surface area contributed by atoms with Gasteiger partial charge in [-0.2, -0.15) is 0 Å². The minimum absolute atomic E-state index is 0. The fraction of sp³-hybridized carbons (Fsp3) is 0.500. The number of piperazine rings is 1. The maximum atomic E-state index is 13.5. The number of aromatic hydroxyl groups is 1. The molecule has 0 aliphatic carbocycles. The molecular weight excluding hydrogens is 343 g/mol. The minimum Gasteiger partial charge on any atom is -0.502 e. The first-order chi connectivity index (χ1) is 9.54. The van der Waals surface area contributed by atoms with Crippen molar-refractivity contribution < 1.29 is 18.8 Å². The number of nitro benzene ring substituents is 1. The number of nitro groups is 1. The van der Waals surface area contributed by atoms with Crippen LogP contribution in [0.3, 0.4) is 0 Å². The topological polar surface area (TPSA) is 78.6 Å². The Hall–Kier alpha value is -1.22. The zero-order chi connectivity index (χ0) is 14.7. The highest BCUT2D eigenvalue weighted by molar-refractivity contribution is 5.85. The summed E-state index contributed by atoms with van der Waals surface area (Å²) in [5, 5.41) is 23.8. The molecule has 10 heteroatoms. The van der Waals surface area contributed by atoms with Gasteiger partial charge in [0.05, 0.1) is 17.0 Å². The number of nitrogens with one attached hydrogen (secondary N) is 1. The molecule has 6 nitrogen and oxygen atoms in total. The molecule has 0 spiro atoms. The predicted octanol–water partition coefficient (Wildman–Crippen LogP) is 2.20. The van der Waals surface area contributed by atoms with E-state index in [2.05, 4.69) is 5.32 Å². The van der Waals surface area contributed by atoms with Crippen molar-refractivity contribution in [3.63, 3.8) is 0 Å². The van der Waals surface area contributed by atoms with Crippen molar-refractivity contribution in [1.82, 2.24) is 10.2 Å². The summed E-state index contributed by atoms with van der Waals surface area (Å²) in [4.78, 5) is 11.6. The lowest BCUT2D eigenvalue weighted by Crippen LogP contribution is -2.45. The van der Waals surface area contributed by atoms with Gasteiger partial charge in [-0.3, -0.25) is 15.0 Å². The van der Waals surface area contributed by atoms with Gasteiger partial charge in [0.1, 0.15) is 12.5 Å². The van der Waals surface area contributed by atoms with Gasteiger partial charge in [-0.25, -0.2) is 8.78 Å². The lowest BCUT2D eigenvalue weighted by Gasteiger charge is -2.33. The molecule has 0 amide bonds. The van der Waals surface area contributed by atoms with Crippen molar-refractivity contribution >= 4 is 30.5 Å².